The standard InChI is InChI=1S/C48H39N3O/c1-48(2,3)40-29-41(49-45-39(40)28-27-34-21-13-26-43(52)44(34)45)47-50-42(38-25-12-20-31-19-10-11-22-35(31)38)30-51(47)46-36(32-15-6-4-7-16-32)23-14-24-37(46)33-17-8-5-9-18-33/h4-26,29-30,52H,27-28H2,1-3H3. The van der Waals surface area contributed by atoms with Crippen molar-refractivity contribution < 1.29 is 5.11 Å². The maximum absolute atomic E-state index is 11.3. The molecule has 0 bridgehead atoms. The third-order valence-electron chi connectivity index (χ3n) is 10.4. The molecule has 52 heavy (non-hydrogen) atoms. The molecule has 2 heterocycles. The van der Waals surface area contributed by atoms with Crippen LogP contribution in [0.15, 0.2) is 152 Å². The van der Waals surface area contributed by atoms with Crippen molar-refractivity contribution in [3.63, 3.8) is 0 Å². The monoisotopic (exact) mass is 673 g/mol. The Kier molecular flexibility index (Phi) is 7.62. The normalized spacial score (nSPS) is 12.4. The molecule has 252 valence electrons. The van der Waals surface area contributed by atoms with Crippen molar-refractivity contribution in [1.29, 1.82) is 0 Å². The van der Waals surface area contributed by atoms with Gasteiger partial charge >= 0.3 is 0 Å². The van der Waals surface area contributed by atoms with Gasteiger partial charge in [-0.25, -0.2) is 9.97 Å². The van der Waals surface area contributed by atoms with Crippen LogP contribution < -0.4 is 0 Å². The first-order chi connectivity index (χ1) is 25.3. The summed E-state index contributed by atoms with van der Waals surface area (Å²) in [6.45, 7) is 6.79. The summed E-state index contributed by atoms with van der Waals surface area (Å²) in [4.78, 5) is 11.0. The quantitative estimate of drug-likeness (QED) is 0.198. The van der Waals surface area contributed by atoms with Gasteiger partial charge in [0.1, 0.15) is 11.4 Å². The number of aryl methyl sites for hydroxylation is 1. The van der Waals surface area contributed by atoms with E-state index in [-0.39, 0.29) is 11.2 Å². The van der Waals surface area contributed by atoms with Gasteiger partial charge in [-0.3, -0.25) is 4.57 Å². The maximum atomic E-state index is 11.3. The van der Waals surface area contributed by atoms with E-state index in [1.54, 1.807) is 6.07 Å². The van der Waals surface area contributed by atoms with Crippen LogP contribution >= 0.6 is 0 Å². The molecule has 1 aliphatic rings. The Balaban J connectivity index is 1.40. The molecule has 0 amide bonds. The third-order valence-corrected chi connectivity index (χ3v) is 10.4. The minimum Gasteiger partial charge on any atom is -0.507 e. The predicted octanol–water partition coefficient (Wildman–Crippen LogP) is 11.9. The number of phenols is 1. The van der Waals surface area contributed by atoms with Crippen LogP contribution in [0.3, 0.4) is 0 Å². The second-order valence-electron chi connectivity index (χ2n) is 14.7. The Bertz CT molecular complexity index is 2550. The summed E-state index contributed by atoms with van der Waals surface area (Å²) < 4.78 is 2.26. The van der Waals surface area contributed by atoms with Crippen LogP contribution in [0.4, 0.5) is 0 Å². The first kappa shape index (κ1) is 31.7. The largest absolute Gasteiger partial charge is 0.507 e. The maximum Gasteiger partial charge on any atom is 0.163 e. The molecular weight excluding hydrogens is 635 g/mol. The van der Waals surface area contributed by atoms with Gasteiger partial charge in [-0.05, 0) is 69.0 Å². The highest BCUT2D eigenvalue weighted by Gasteiger charge is 2.30. The van der Waals surface area contributed by atoms with E-state index in [0.717, 1.165) is 85.8 Å². The lowest BCUT2D eigenvalue weighted by molar-refractivity contribution is 0.475. The number of benzene rings is 6. The van der Waals surface area contributed by atoms with E-state index in [1.165, 1.54) is 16.5 Å². The lowest BCUT2D eigenvalue weighted by atomic mass is 9.77. The molecule has 0 spiro atoms. The molecule has 9 rings (SSSR count). The molecule has 0 aliphatic heterocycles. The average molecular weight is 674 g/mol. The van der Waals surface area contributed by atoms with Crippen LogP contribution in [-0.2, 0) is 18.3 Å². The summed E-state index contributed by atoms with van der Waals surface area (Å²) in [5, 5.41) is 13.6. The van der Waals surface area contributed by atoms with Crippen molar-refractivity contribution in [2.45, 2.75) is 39.0 Å². The molecule has 1 aliphatic carbocycles. The van der Waals surface area contributed by atoms with Crippen LogP contribution in [0.1, 0.15) is 37.5 Å². The highest BCUT2D eigenvalue weighted by atomic mass is 16.3. The Morgan fingerprint density at radius 2 is 1.21 bits per heavy atom. The average Bonchev–Trinajstić information content (AvgIpc) is 3.62. The molecule has 4 nitrogen and oxygen atoms in total. The van der Waals surface area contributed by atoms with Gasteiger partial charge < -0.3 is 5.11 Å². The Morgan fingerprint density at radius 1 is 0.596 bits per heavy atom. The summed E-state index contributed by atoms with van der Waals surface area (Å²) in [7, 11) is 0. The van der Waals surface area contributed by atoms with E-state index < -0.39 is 0 Å². The van der Waals surface area contributed by atoms with E-state index in [9.17, 15) is 5.11 Å². The topological polar surface area (TPSA) is 50.9 Å². The number of aromatic nitrogens is 3. The van der Waals surface area contributed by atoms with Gasteiger partial charge in [0.15, 0.2) is 5.82 Å². The summed E-state index contributed by atoms with van der Waals surface area (Å²) in [6, 6.07) is 50.7. The summed E-state index contributed by atoms with van der Waals surface area (Å²) in [6.07, 6.45) is 3.93. The zero-order valence-electron chi connectivity index (χ0n) is 29.6. The molecule has 0 saturated heterocycles. The zero-order valence-corrected chi connectivity index (χ0v) is 29.6. The fraction of sp³-hybridized carbons (Fsp3) is 0.125. The minimum atomic E-state index is -0.170. The highest BCUT2D eigenvalue weighted by Crippen LogP contribution is 2.45. The van der Waals surface area contributed by atoms with Crippen molar-refractivity contribution in [3.8, 4) is 67.7 Å². The first-order valence-electron chi connectivity index (χ1n) is 18.0. The highest BCUT2D eigenvalue weighted by molar-refractivity contribution is 5.96. The van der Waals surface area contributed by atoms with Crippen molar-refractivity contribution in [3.05, 3.63) is 168 Å². The van der Waals surface area contributed by atoms with E-state index in [4.69, 9.17) is 9.97 Å². The summed E-state index contributed by atoms with van der Waals surface area (Å²) >= 11 is 0. The fourth-order valence-corrected chi connectivity index (χ4v) is 7.96. The molecule has 0 fully saturated rings. The fourth-order valence-electron chi connectivity index (χ4n) is 7.96. The van der Waals surface area contributed by atoms with Crippen molar-refractivity contribution in [2.24, 2.45) is 0 Å². The van der Waals surface area contributed by atoms with Gasteiger partial charge in [0.05, 0.1) is 17.1 Å². The van der Waals surface area contributed by atoms with Crippen LogP contribution in [0, 0.1) is 0 Å². The van der Waals surface area contributed by atoms with Crippen molar-refractivity contribution in [1.82, 2.24) is 14.5 Å². The third kappa shape index (κ3) is 5.39. The van der Waals surface area contributed by atoms with Gasteiger partial charge in [0.2, 0.25) is 0 Å². The number of phenolic OH excluding ortho intramolecular Hbond substituents is 1. The van der Waals surface area contributed by atoms with E-state index >= 15 is 0 Å². The molecule has 0 radical (unpaired) electrons. The number of imidazole rings is 1. The van der Waals surface area contributed by atoms with Gasteiger partial charge in [-0.2, -0.15) is 0 Å². The van der Waals surface area contributed by atoms with E-state index in [1.807, 2.05) is 6.07 Å². The molecule has 2 aromatic heterocycles. The van der Waals surface area contributed by atoms with Crippen LogP contribution in [0.2, 0.25) is 0 Å². The number of hydrogen-bond acceptors (Lipinski definition) is 3. The van der Waals surface area contributed by atoms with E-state index in [2.05, 4.69) is 165 Å². The van der Waals surface area contributed by atoms with Gasteiger partial charge in [0, 0.05) is 28.5 Å². The molecule has 0 unspecified atom stereocenters. The van der Waals surface area contributed by atoms with Crippen LogP contribution in [0.5, 0.6) is 5.75 Å². The number of nitrogens with zero attached hydrogens (tertiary/aromatic N) is 3. The second kappa shape index (κ2) is 12.5. The first-order valence-corrected chi connectivity index (χ1v) is 18.0. The number of hydrogen-bond donors (Lipinski definition) is 1. The lowest BCUT2D eigenvalue weighted by Gasteiger charge is -2.29. The lowest BCUT2D eigenvalue weighted by Crippen LogP contribution is -2.19. The number of fused-ring (bicyclic) bond motifs is 4. The van der Waals surface area contributed by atoms with Crippen LogP contribution in [-0.4, -0.2) is 19.6 Å². The summed E-state index contributed by atoms with van der Waals surface area (Å²) in [5.74, 6) is 1.02. The Labute approximate surface area is 304 Å². The predicted molar refractivity (Wildman–Crippen MR) is 214 cm³/mol. The van der Waals surface area contributed by atoms with Gasteiger partial charge in [-0.15, -0.1) is 0 Å². The van der Waals surface area contributed by atoms with Crippen LogP contribution in [0.25, 0.3) is 72.7 Å². The molecule has 0 saturated carbocycles. The van der Waals surface area contributed by atoms with E-state index in [0.29, 0.717) is 0 Å². The molecular formula is C48H39N3O. The molecule has 4 heteroatoms. The SMILES string of the molecule is CC(C)(C)c1cc(-c2nc(-c3cccc4ccccc34)cn2-c2c(-c3ccccc3)cccc2-c2ccccc2)nc2c1CCc1cccc(O)c1-2. The number of pyridine rings is 1. The van der Waals surface area contributed by atoms with Gasteiger partial charge in [-0.1, -0.05) is 154 Å². The zero-order chi connectivity index (χ0) is 35.4. The minimum absolute atomic E-state index is 0.170. The summed E-state index contributed by atoms with van der Waals surface area (Å²) in [5.41, 5.74) is 13.2. The van der Waals surface area contributed by atoms with Gasteiger partial charge in [0.25, 0.3) is 0 Å². The number of rotatable bonds is 5. The Hall–Kier alpha value is -6.26. The molecule has 0 atom stereocenters. The number of aromatic hydroxyl groups is 1. The second-order valence-corrected chi connectivity index (χ2v) is 14.7. The van der Waals surface area contributed by atoms with Crippen molar-refractivity contribution >= 4 is 10.8 Å². The number of para-hydroxylation sites is 1. The Morgan fingerprint density at radius 3 is 1.92 bits per heavy atom. The molecule has 8 aromatic rings. The molecule has 1 N–H and O–H groups in total. The van der Waals surface area contributed by atoms with Crippen molar-refractivity contribution in [2.75, 3.05) is 0 Å². The molecule has 6 aromatic carbocycles. The smallest absolute Gasteiger partial charge is 0.163 e.